The lowest BCUT2D eigenvalue weighted by molar-refractivity contribution is -0.385. The van der Waals surface area contributed by atoms with Crippen molar-refractivity contribution in [1.29, 1.82) is 5.26 Å². The van der Waals surface area contributed by atoms with Crippen molar-refractivity contribution in [3.63, 3.8) is 0 Å². The van der Waals surface area contributed by atoms with E-state index >= 15 is 0 Å². The van der Waals surface area contributed by atoms with Crippen molar-refractivity contribution < 1.29 is 14.8 Å². The van der Waals surface area contributed by atoms with Gasteiger partial charge in [-0.25, -0.2) is 4.98 Å². The van der Waals surface area contributed by atoms with Crippen molar-refractivity contribution in [2.45, 2.75) is 15.7 Å². The molecule has 0 aliphatic heterocycles. The Bertz CT molecular complexity index is 751. The van der Waals surface area contributed by atoms with Gasteiger partial charge in [-0.05, 0) is 12.1 Å². The molecule has 0 fully saturated rings. The zero-order valence-electron chi connectivity index (χ0n) is 10.3. The van der Waals surface area contributed by atoms with Crippen molar-refractivity contribution in [2.75, 3.05) is 0 Å². The zero-order chi connectivity index (χ0) is 15.4. The first-order valence-electron chi connectivity index (χ1n) is 5.52. The van der Waals surface area contributed by atoms with E-state index in [0.29, 0.717) is 14.9 Å². The number of carboxylic acid groups (broad SMARTS) is 1. The maximum absolute atomic E-state index is 10.9. The van der Waals surface area contributed by atoms with E-state index in [1.54, 1.807) is 17.5 Å². The van der Waals surface area contributed by atoms with Crippen LogP contribution in [0.15, 0.2) is 32.8 Å². The van der Waals surface area contributed by atoms with Gasteiger partial charge < -0.3 is 5.11 Å². The van der Waals surface area contributed by atoms with E-state index in [-0.39, 0.29) is 17.7 Å². The first-order valence-corrected chi connectivity index (χ1v) is 7.22. The molecule has 0 aliphatic rings. The van der Waals surface area contributed by atoms with E-state index in [4.69, 9.17) is 10.4 Å². The summed E-state index contributed by atoms with van der Waals surface area (Å²) in [5.74, 6) is -0.967. The molecule has 0 saturated heterocycles. The van der Waals surface area contributed by atoms with Crippen molar-refractivity contribution >= 4 is 34.8 Å². The van der Waals surface area contributed by atoms with Gasteiger partial charge in [0.25, 0.3) is 5.69 Å². The molecule has 0 radical (unpaired) electrons. The van der Waals surface area contributed by atoms with Crippen molar-refractivity contribution in [3.8, 4) is 6.07 Å². The molecule has 0 spiro atoms. The van der Waals surface area contributed by atoms with E-state index < -0.39 is 10.9 Å². The summed E-state index contributed by atoms with van der Waals surface area (Å²) in [6.45, 7) is 0. The maximum Gasteiger partial charge on any atom is 0.309 e. The number of hydrogen-bond acceptors (Lipinski definition) is 7. The molecular weight excluding hydrogens is 314 g/mol. The molecule has 0 aliphatic carbocycles. The third-order valence-corrected chi connectivity index (χ3v) is 4.33. The fourth-order valence-electron chi connectivity index (χ4n) is 1.49. The highest BCUT2D eigenvalue weighted by Crippen LogP contribution is 2.33. The summed E-state index contributed by atoms with van der Waals surface area (Å²) in [5, 5.41) is 30.0. The van der Waals surface area contributed by atoms with E-state index in [9.17, 15) is 14.9 Å². The second kappa shape index (κ2) is 6.34. The molecule has 1 aromatic heterocycles. The van der Waals surface area contributed by atoms with Gasteiger partial charge in [0.15, 0.2) is 4.34 Å². The number of thiazole rings is 1. The number of carbonyl (C=O) groups is 1. The molecular formula is C12H7N3O4S2. The lowest BCUT2D eigenvalue weighted by Crippen LogP contribution is -1.99. The molecule has 7 nitrogen and oxygen atoms in total. The number of aliphatic carboxylic acids is 1. The van der Waals surface area contributed by atoms with E-state index in [2.05, 4.69) is 4.98 Å². The zero-order valence-corrected chi connectivity index (χ0v) is 12.0. The van der Waals surface area contributed by atoms with Gasteiger partial charge in [-0.2, -0.15) is 5.26 Å². The molecule has 1 N–H and O–H groups in total. The minimum atomic E-state index is -0.967. The molecule has 0 bridgehead atoms. The number of nitro benzene ring substituents is 1. The average Bonchev–Trinajstić information content (AvgIpc) is 2.85. The van der Waals surface area contributed by atoms with E-state index in [1.165, 1.54) is 35.2 Å². The predicted octanol–water partition coefficient (Wildman–Crippen LogP) is 2.70. The van der Waals surface area contributed by atoms with Gasteiger partial charge in [0.05, 0.1) is 17.0 Å². The number of aromatic nitrogens is 1. The highest BCUT2D eigenvalue weighted by Gasteiger charge is 2.15. The normalized spacial score (nSPS) is 10.0. The third kappa shape index (κ3) is 3.77. The van der Waals surface area contributed by atoms with Crippen LogP contribution in [0.3, 0.4) is 0 Å². The molecule has 9 heteroatoms. The Balaban J connectivity index is 2.22. The number of nitrogens with zero attached hydrogens (tertiary/aromatic N) is 3. The summed E-state index contributed by atoms with van der Waals surface area (Å²) >= 11 is 2.45. The number of hydrogen-bond donors (Lipinski definition) is 1. The Morgan fingerprint density at radius 1 is 1.57 bits per heavy atom. The topological polar surface area (TPSA) is 117 Å². The molecule has 0 atom stereocenters. The van der Waals surface area contributed by atoms with Gasteiger partial charge in [0, 0.05) is 16.3 Å². The molecule has 1 heterocycles. The van der Waals surface area contributed by atoms with Crippen LogP contribution in [-0.4, -0.2) is 21.0 Å². The Morgan fingerprint density at radius 3 is 2.95 bits per heavy atom. The number of benzene rings is 1. The van der Waals surface area contributed by atoms with Crippen LogP contribution >= 0.6 is 23.1 Å². The Morgan fingerprint density at radius 2 is 2.33 bits per heavy atom. The van der Waals surface area contributed by atoms with Crippen LogP contribution < -0.4 is 0 Å². The van der Waals surface area contributed by atoms with Crippen LogP contribution in [0.25, 0.3) is 0 Å². The van der Waals surface area contributed by atoms with Crippen LogP contribution in [-0.2, 0) is 11.2 Å². The molecule has 0 amide bonds. The maximum atomic E-state index is 10.9. The van der Waals surface area contributed by atoms with Gasteiger partial charge in [0.2, 0.25) is 0 Å². The summed E-state index contributed by atoms with van der Waals surface area (Å²) in [4.78, 5) is 25.5. The first kappa shape index (κ1) is 15.0. The summed E-state index contributed by atoms with van der Waals surface area (Å²) in [6.07, 6.45) is -0.162. The van der Waals surface area contributed by atoms with Crippen LogP contribution in [0.4, 0.5) is 5.69 Å². The van der Waals surface area contributed by atoms with E-state index in [0.717, 1.165) is 0 Å². The molecule has 0 saturated carbocycles. The standard InChI is InChI=1S/C12H7N3O4S2/c13-5-7-1-2-9(4-10(7)15(18)19)21-12-14-8(6-20-12)3-11(16)17/h1-2,4,6H,3H2,(H,16,17). The van der Waals surface area contributed by atoms with Gasteiger partial charge in [0.1, 0.15) is 11.6 Å². The summed E-state index contributed by atoms with van der Waals surface area (Å²) in [6, 6.07) is 6.04. The smallest absolute Gasteiger partial charge is 0.309 e. The monoisotopic (exact) mass is 321 g/mol. The quantitative estimate of drug-likeness (QED) is 0.664. The molecule has 1 aromatic carbocycles. The summed E-state index contributed by atoms with van der Waals surface area (Å²) in [7, 11) is 0. The van der Waals surface area contributed by atoms with Crippen LogP contribution in [0.5, 0.6) is 0 Å². The highest BCUT2D eigenvalue weighted by molar-refractivity contribution is 8.01. The second-order valence-electron chi connectivity index (χ2n) is 3.83. The first-order chi connectivity index (χ1) is 9.99. The Hall–Kier alpha value is -2.44. The minimum Gasteiger partial charge on any atom is -0.481 e. The Kier molecular flexibility index (Phi) is 4.52. The summed E-state index contributed by atoms with van der Waals surface area (Å²) < 4.78 is 0.588. The van der Waals surface area contributed by atoms with Crippen molar-refractivity contribution in [3.05, 3.63) is 45.0 Å². The second-order valence-corrected chi connectivity index (χ2v) is 6.00. The largest absolute Gasteiger partial charge is 0.481 e. The SMILES string of the molecule is N#Cc1ccc(Sc2nc(CC(=O)O)cs2)cc1[N+](=O)[O-]. The lowest BCUT2D eigenvalue weighted by atomic mass is 10.2. The third-order valence-electron chi connectivity index (χ3n) is 2.35. The van der Waals surface area contributed by atoms with Gasteiger partial charge in [-0.15, -0.1) is 11.3 Å². The van der Waals surface area contributed by atoms with Crippen LogP contribution in [0.2, 0.25) is 0 Å². The fraction of sp³-hybridized carbons (Fsp3) is 0.0833. The molecule has 2 aromatic rings. The van der Waals surface area contributed by atoms with E-state index in [1.807, 2.05) is 0 Å². The number of nitriles is 1. The van der Waals surface area contributed by atoms with Crippen molar-refractivity contribution in [2.24, 2.45) is 0 Å². The van der Waals surface area contributed by atoms with Gasteiger partial charge >= 0.3 is 5.97 Å². The van der Waals surface area contributed by atoms with Gasteiger partial charge in [-0.1, -0.05) is 11.8 Å². The number of nitro groups is 1. The van der Waals surface area contributed by atoms with Crippen LogP contribution in [0.1, 0.15) is 11.3 Å². The molecule has 2 rings (SSSR count). The van der Waals surface area contributed by atoms with Crippen LogP contribution in [0, 0.1) is 21.4 Å². The highest BCUT2D eigenvalue weighted by atomic mass is 32.2. The van der Waals surface area contributed by atoms with Gasteiger partial charge in [-0.3, -0.25) is 14.9 Å². The Labute approximate surface area is 127 Å². The number of carboxylic acids is 1. The summed E-state index contributed by atoms with van der Waals surface area (Å²) in [5.41, 5.74) is 0.179. The minimum absolute atomic E-state index is 0.00458. The predicted molar refractivity (Wildman–Crippen MR) is 75.4 cm³/mol. The number of rotatable bonds is 5. The molecule has 21 heavy (non-hydrogen) atoms. The van der Waals surface area contributed by atoms with Crippen molar-refractivity contribution in [1.82, 2.24) is 4.98 Å². The molecule has 106 valence electrons. The lowest BCUT2D eigenvalue weighted by Gasteiger charge is -1.99. The molecule has 0 unspecified atom stereocenters. The average molecular weight is 321 g/mol. The fourth-order valence-corrected chi connectivity index (χ4v) is 3.33.